The first-order valence-corrected chi connectivity index (χ1v) is 7.20. The molecular formula is C12H16N2O2S. The molecule has 0 spiro atoms. The zero-order chi connectivity index (χ0) is 12.3. The summed E-state index contributed by atoms with van der Waals surface area (Å²) in [5.74, 6) is 0. The van der Waals surface area contributed by atoms with Crippen LogP contribution in [0.5, 0.6) is 0 Å². The Kier molecular flexibility index (Phi) is 3.47. The summed E-state index contributed by atoms with van der Waals surface area (Å²) in [6.07, 6.45) is 4.00. The number of hydrogen-bond acceptors (Lipinski definition) is 3. The molecule has 0 aromatic heterocycles. The predicted octanol–water partition coefficient (Wildman–Crippen LogP) is 2.20. The van der Waals surface area contributed by atoms with E-state index in [-0.39, 0.29) is 4.90 Å². The van der Waals surface area contributed by atoms with Gasteiger partial charge in [-0.05, 0) is 44.7 Å². The molecule has 0 radical (unpaired) electrons. The van der Waals surface area contributed by atoms with Gasteiger partial charge < -0.3 is 0 Å². The van der Waals surface area contributed by atoms with E-state index in [1.165, 1.54) is 0 Å². The minimum Gasteiger partial charge on any atom is -0.200 e. The normalized spacial score (nSPS) is 15.9. The highest BCUT2D eigenvalue weighted by Crippen LogP contribution is 2.15. The molecule has 1 fully saturated rings. The van der Waals surface area contributed by atoms with Crippen LogP contribution in [0.4, 0.5) is 0 Å². The van der Waals surface area contributed by atoms with Crippen molar-refractivity contribution in [3.63, 3.8) is 0 Å². The Balaban J connectivity index is 2.13. The van der Waals surface area contributed by atoms with Gasteiger partial charge in [-0.15, -0.1) is 0 Å². The van der Waals surface area contributed by atoms with E-state index in [1.54, 1.807) is 24.3 Å². The van der Waals surface area contributed by atoms with E-state index >= 15 is 0 Å². The highest BCUT2D eigenvalue weighted by molar-refractivity contribution is 7.89. The van der Waals surface area contributed by atoms with Gasteiger partial charge in [0.2, 0.25) is 0 Å². The Hall–Kier alpha value is -1.36. The van der Waals surface area contributed by atoms with Gasteiger partial charge in [-0.25, -0.2) is 4.83 Å². The van der Waals surface area contributed by atoms with Gasteiger partial charge in [0.15, 0.2) is 0 Å². The lowest BCUT2D eigenvalue weighted by Crippen LogP contribution is -2.19. The van der Waals surface area contributed by atoms with Gasteiger partial charge in [0, 0.05) is 5.71 Å². The van der Waals surface area contributed by atoms with E-state index < -0.39 is 10.0 Å². The van der Waals surface area contributed by atoms with Crippen LogP contribution in [0.1, 0.15) is 31.2 Å². The summed E-state index contributed by atoms with van der Waals surface area (Å²) in [7, 11) is -3.50. The monoisotopic (exact) mass is 252 g/mol. The molecule has 1 N–H and O–H groups in total. The number of hydrogen-bond donors (Lipinski definition) is 1. The van der Waals surface area contributed by atoms with Gasteiger partial charge in [0.05, 0.1) is 4.90 Å². The summed E-state index contributed by atoms with van der Waals surface area (Å²) in [6, 6.07) is 6.73. The summed E-state index contributed by atoms with van der Waals surface area (Å²) >= 11 is 0. The molecule has 0 atom stereocenters. The van der Waals surface area contributed by atoms with Crippen molar-refractivity contribution >= 4 is 15.7 Å². The first-order valence-electron chi connectivity index (χ1n) is 5.72. The lowest BCUT2D eigenvalue weighted by atomic mass is 10.2. The summed E-state index contributed by atoms with van der Waals surface area (Å²) in [5, 5.41) is 3.97. The Morgan fingerprint density at radius 1 is 1.12 bits per heavy atom. The van der Waals surface area contributed by atoms with E-state index in [9.17, 15) is 8.42 Å². The molecule has 4 nitrogen and oxygen atoms in total. The van der Waals surface area contributed by atoms with E-state index in [0.29, 0.717) is 0 Å². The maximum atomic E-state index is 11.9. The van der Waals surface area contributed by atoms with Crippen molar-refractivity contribution in [2.45, 2.75) is 37.5 Å². The number of rotatable bonds is 3. The molecule has 1 aromatic carbocycles. The van der Waals surface area contributed by atoms with Crippen LogP contribution in [0.15, 0.2) is 34.3 Å². The zero-order valence-corrected chi connectivity index (χ0v) is 10.6. The molecule has 5 heteroatoms. The van der Waals surface area contributed by atoms with Crippen molar-refractivity contribution in [3.8, 4) is 0 Å². The molecule has 0 saturated heterocycles. The number of sulfonamides is 1. The fourth-order valence-corrected chi connectivity index (χ4v) is 2.64. The molecule has 0 bridgehead atoms. The largest absolute Gasteiger partial charge is 0.276 e. The minimum absolute atomic E-state index is 0.255. The van der Waals surface area contributed by atoms with E-state index in [1.807, 2.05) is 6.92 Å². The van der Waals surface area contributed by atoms with Gasteiger partial charge in [0.1, 0.15) is 0 Å². The summed E-state index contributed by atoms with van der Waals surface area (Å²) in [4.78, 5) is 2.55. The number of nitrogens with one attached hydrogen (secondary N) is 1. The van der Waals surface area contributed by atoms with Gasteiger partial charge in [-0.2, -0.15) is 13.5 Å². The van der Waals surface area contributed by atoms with Gasteiger partial charge in [-0.1, -0.05) is 17.7 Å². The second-order valence-corrected chi connectivity index (χ2v) is 5.95. The molecule has 1 saturated carbocycles. The Bertz CT molecular complexity index is 510. The highest BCUT2D eigenvalue weighted by Gasteiger charge is 2.14. The lowest BCUT2D eigenvalue weighted by Gasteiger charge is -2.04. The molecule has 2 rings (SSSR count). The maximum absolute atomic E-state index is 11.9. The van der Waals surface area contributed by atoms with Gasteiger partial charge >= 0.3 is 0 Å². The third-order valence-electron chi connectivity index (χ3n) is 2.84. The SMILES string of the molecule is Cc1ccc(S(=O)(=O)NN=C2CCCC2)cc1. The first-order chi connectivity index (χ1) is 8.08. The molecule has 17 heavy (non-hydrogen) atoms. The third kappa shape index (κ3) is 3.06. The van der Waals surface area contributed by atoms with Crippen LogP contribution in [-0.4, -0.2) is 14.1 Å². The Labute approximate surface area is 102 Å². The van der Waals surface area contributed by atoms with Crippen molar-refractivity contribution in [3.05, 3.63) is 29.8 Å². The Morgan fingerprint density at radius 3 is 2.29 bits per heavy atom. The molecule has 0 aliphatic heterocycles. The number of benzene rings is 1. The summed E-state index contributed by atoms with van der Waals surface area (Å²) in [5.41, 5.74) is 1.98. The van der Waals surface area contributed by atoms with Crippen LogP contribution in [0, 0.1) is 6.92 Å². The van der Waals surface area contributed by atoms with E-state index in [4.69, 9.17) is 0 Å². The molecule has 92 valence electrons. The fraction of sp³-hybridized carbons (Fsp3) is 0.417. The van der Waals surface area contributed by atoms with Crippen molar-refractivity contribution in [2.75, 3.05) is 0 Å². The lowest BCUT2D eigenvalue weighted by molar-refractivity contribution is 0.584. The van der Waals surface area contributed by atoms with Crippen molar-refractivity contribution in [1.82, 2.24) is 4.83 Å². The van der Waals surface area contributed by atoms with Crippen LogP contribution < -0.4 is 4.83 Å². The molecule has 1 aromatic rings. The van der Waals surface area contributed by atoms with Crippen LogP contribution in [0.3, 0.4) is 0 Å². The van der Waals surface area contributed by atoms with Gasteiger partial charge in [0.25, 0.3) is 10.0 Å². The second kappa shape index (κ2) is 4.87. The van der Waals surface area contributed by atoms with Crippen molar-refractivity contribution < 1.29 is 8.42 Å². The quantitative estimate of drug-likeness (QED) is 0.838. The zero-order valence-electron chi connectivity index (χ0n) is 9.81. The summed E-state index contributed by atoms with van der Waals surface area (Å²) < 4.78 is 23.8. The van der Waals surface area contributed by atoms with Gasteiger partial charge in [-0.3, -0.25) is 0 Å². The topological polar surface area (TPSA) is 58.5 Å². The fourth-order valence-electron chi connectivity index (χ4n) is 1.79. The number of nitrogens with zero attached hydrogens (tertiary/aromatic N) is 1. The molecule has 0 heterocycles. The van der Waals surface area contributed by atoms with Crippen LogP contribution >= 0.6 is 0 Å². The molecule has 0 amide bonds. The average molecular weight is 252 g/mol. The molecular weight excluding hydrogens is 236 g/mol. The van der Waals surface area contributed by atoms with Crippen LogP contribution in [0.25, 0.3) is 0 Å². The third-order valence-corrected chi connectivity index (χ3v) is 4.06. The van der Waals surface area contributed by atoms with E-state index in [0.717, 1.165) is 37.0 Å². The smallest absolute Gasteiger partial charge is 0.200 e. The standard InChI is InChI=1S/C12H16N2O2S/c1-10-6-8-12(9-7-10)17(15,16)14-13-11-4-2-3-5-11/h6-9,14H,2-5H2,1H3. The minimum atomic E-state index is -3.50. The Morgan fingerprint density at radius 2 is 1.71 bits per heavy atom. The van der Waals surface area contributed by atoms with E-state index in [2.05, 4.69) is 9.93 Å². The molecule has 1 aliphatic carbocycles. The maximum Gasteiger partial charge on any atom is 0.276 e. The highest BCUT2D eigenvalue weighted by atomic mass is 32.2. The van der Waals surface area contributed by atoms with Crippen molar-refractivity contribution in [1.29, 1.82) is 0 Å². The first kappa shape index (κ1) is 12.1. The molecule has 0 unspecified atom stereocenters. The predicted molar refractivity (Wildman–Crippen MR) is 67.4 cm³/mol. The number of aryl methyl sites for hydroxylation is 1. The summed E-state index contributed by atoms with van der Waals surface area (Å²) in [6.45, 7) is 1.92. The van der Waals surface area contributed by atoms with Crippen molar-refractivity contribution in [2.24, 2.45) is 5.10 Å². The second-order valence-electron chi connectivity index (χ2n) is 4.29. The number of hydrazone groups is 1. The average Bonchev–Trinajstić information content (AvgIpc) is 2.80. The molecule has 1 aliphatic rings. The van der Waals surface area contributed by atoms with Crippen LogP contribution in [-0.2, 0) is 10.0 Å². The van der Waals surface area contributed by atoms with Crippen LogP contribution in [0.2, 0.25) is 0 Å².